The van der Waals surface area contributed by atoms with Gasteiger partial charge in [-0.15, -0.1) is 0 Å². The molecule has 0 aromatic heterocycles. The maximum atomic E-state index is 12.6. The minimum atomic E-state index is -0.219. The largest absolute Gasteiger partial charge is 0.482 e. The SMILES string of the molecule is CC(=O)N1CCN(C(=O)CN2C(=O)COc3ccc(C)cc32)CC1. The van der Waals surface area contributed by atoms with Crippen LogP contribution in [0.2, 0.25) is 0 Å². The summed E-state index contributed by atoms with van der Waals surface area (Å²) < 4.78 is 5.43. The summed E-state index contributed by atoms with van der Waals surface area (Å²) in [6, 6.07) is 5.59. The smallest absolute Gasteiger partial charge is 0.265 e. The quantitative estimate of drug-likeness (QED) is 0.787. The number of carbonyl (C=O) groups is 3. The van der Waals surface area contributed by atoms with Gasteiger partial charge in [-0.3, -0.25) is 19.3 Å². The second kappa shape index (κ2) is 6.51. The lowest BCUT2D eigenvalue weighted by Gasteiger charge is -2.36. The molecule has 0 saturated carbocycles. The van der Waals surface area contributed by atoms with Gasteiger partial charge < -0.3 is 14.5 Å². The van der Waals surface area contributed by atoms with Crippen molar-refractivity contribution in [1.29, 1.82) is 0 Å². The van der Waals surface area contributed by atoms with E-state index in [1.165, 1.54) is 11.8 Å². The summed E-state index contributed by atoms with van der Waals surface area (Å²) >= 11 is 0. The van der Waals surface area contributed by atoms with E-state index in [4.69, 9.17) is 4.74 Å². The highest BCUT2D eigenvalue weighted by Crippen LogP contribution is 2.32. The number of anilines is 1. The molecule has 2 heterocycles. The fraction of sp³-hybridized carbons (Fsp3) is 0.471. The first kappa shape index (κ1) is 16.3. The summed E-state index contributed by atoms with van der Waals surface area (Å²) in [5, 5.41) is 0. The van der Waals surface area contributed by atoms with Gasteiger partial charge in [-0.25, -0.2) is 0 Å². The van der Waals surface area contributed by atoms with E-state index in [1.54, 1.807) is 9.80 Å². The van der Waals surface area contributed by atoms with E-state index in [2.05, 4.69) is 0 Å². The second-order valence-corrected chi connectivity index (χ2v) is 6.13. The lowest BCUT2D eigenvalue weighted by molar-refractivity contribution is -0.138. The van der Waals surface area contributed by atoms with E-state index in [1.807, 2.05) is 25.1 Å². The van der Waals surface area contributed by atoms with Gasteiger partial charge >= 0.3 is 0 Å². The average molecular weight is 331 g/mol. The Morgan fingerprint density at radius 2 is 1.79 bits per heavy atom. The lowest BCUT2D eigenvalue weighted by Crippen LogP contribution is -2.53. The molecule has 1 saturated heterocycles. The normalized spacial score (nSPS) is 17.4. The number of fused-ring (bicyclic) bond motifs is 1. The molecule has 3 amide bonds. The molecule has 1 aromatic carbocycles. The minimum Gasteiger partial charge on any atom is -0.482 e. The fourth-order valence-electron chi connectivity index (χ4n) is 2.99. The highest BCUT2D eigenvalue weighted by atomic mass is 16.5. The molecule has 0 unspecified atom stereocenters. The monoisotopic (exact) mass is 331 g/mol. The highest BCUT2D eigenvalue weighted by Gasteiger charge is 2.30. The zero-order chi connectivity index (χ0) is 17.3. The fourth-order valence-corrected chi connectivity index (χ4v) is 2.99. The standard InChI is InChI=1S/C17H21N3O4/c1-12-3-4-15-14(9-12)20(17(23)11-24-15)10-16(22)19-7-5-18(6-8-19)13(2)21/h3-4,9H,5-8,10-11H2,1-2H3. The van der Waals surface area contributed by atoms with Gasteiger partial charge in [0.2, 0.25) is 11.8 Å². The van der Waals surface area contributed by atoms with Crippen molar-refractivity contribution < 1.29 is 19.1 Å². The van der Waals surface area contributed by atoms with E-state index >= 15 is 0 Å². The first-order valence-corrected chi connectivity index (χ1v) is 8.03. The summed E-state index contributed by atoms with van der Waals surface area (Å²) in [4.78, 5) is 41.1. The number of hydrogen-bond acceptors (Lipinski definition) is 4. The number of piperazine rings is 1. The summed E-state index contributed by atoms with van der Waals surface area (Å²) in [6.07, 6.45) is 0. The highest BCUT2D eigenvalue weighted by molar-refractivity contribution is 6.02. The van der Waals surface area contributed by atoms with Gasteiger partial charge in [0.05, 0.1) is 5.69 Å². The van der Waals surface area contributed by atoms with Crippen LogP contribution in [0.3, 0.4) is 0 Å². The van der Waals surface area contributed by atoms with Crippen LogP contribution in [0.25, 0.3) is 0 Å². The van der Waals surface area contributed by atoms with Gasteiger partial charge in [0.25, 0.3) is 5.91 Å². The van der Waals surface area contributed by atoms with Gasteiger partial charge in [0.1, 0.15) is 12.3 Å². The van der Waals surface area contributed by atoms with Crippen LogP contribution in [-0.4, -0.2) is 66.9 Å². The van der Waals surface area contributed by atoms with Crippen molar-refractivity contribution in [3.05, 3.63) is 23.8 Å². The van der Waals surface area contributed by atoms with Crippen LogP contribution < -0.4 is 9.64 Å². The number of amides is 3. The van der Waals surface area contributed by atoms with Crippen molar-refractivity contribution in [3.8, 4) is 5.75 Å². The summed E-state index contributed by atoms with van der Waals surface area (Å²) in [5.41, 5.74) is 1.64. The van der Waals surface area contributed by atoms with E-state index in [0.29, 0.717) is 37.6 Å². The van der Waals surface area contributed by atoms with E-state index in [0.717, 1.165) is 5.56 Å². The molecule has 0 N–H and O–H groups in total. The summed E-state index contributed by atoms with van der Waals surface area (Å²) in [6.45, 7) is 5.47. The van der Waals surface area contributed by atoms with Gasteiger partial charge in [0.15, 0.2) is 6.61 Å². The van der Waals surface area contributed by atoms with E-state index < -0.39 is 0 Å². The van der Waals surface area contributed by atoms with Crippen LogP contribution in [0.1, 0.15) is 12.5 Å². The molecule has 0 aliphatic carbocycles. The van der Waals surface area contributed by atoms with E-state index in [-0.39, 0.29) is 30.9 Å². The average Bonchev–Trinajstić information content (AvgIpc) is 2.57. The van der Waals surface area contributed by atoms with E-state index in [9.17, 15) is 14.4 Å². The zero-order valence-electron chi connectivity index (χ0n) is 13.9. The molecule has 24 heavy (non-hydrogen) atoms. The Morgan fingerprint density at radius 3 is 2.46 bits per heavy atom. The summed E-state index contributed by atoms with van der Waals surface area (Å²) in [7, 11) is 0. The van der Waals surface area contributed by atoms with Crippen molar-refractivity contribution in [2.45, 2.75) is 13.8 Å². The molecule has 0 radical (unpaired) electrons. The Balaban J connectivity index is 1.70. The molecular weight excluding hydrogens is 310 g/mol. The number of benzene rings is 1. The summed E-state index contributed by atoms with van der Waals surface area (Å²) in [5.74, 6) is 0.314. The van der Waals surface area contributed by atoms with Crippen molar-refractivity contribution in [2.75, 3.05) is 44.2 Å². The van der Waals surface area contributed by atoms with Crippen molar-refractivity contribution >= 4 is 23.4 Å². The lowest BCUT2D eigenvalue weighted by atomic mass is 10.1. The molecule has 1 aromatic rings. The molecular formula is C17H21N3O4. The van der Waals surface area contributed by atoms with Crippen LogP contribution >= 0.6 is 0 Å². The van der Waals surface area contributed by atoms with Crippen LogP contribution in [0.15, 0.2) is 18.2 Å². The van der Waals surface area contributed by atoms with Gasteiger partial charge in [0, 0.05) is 33.1 Å². The van der Waals surface area contributed by atoms with Crippen LogP contribution in [-0.2, 0) is 14.4 Å². The van der Waals surface area contributed by atoms with Crippen molar-refractivity contribution in [2.24, 2.45) is 0 Å². The number of aryl methyl sites for hydroxylation is 1. The van der Waals surface area contributed by atoms with Crippen LogP contribution in [0, 0.1) is 6.92 Å². The van der Waals surface area contributed by atoms with Crippen molar-refractivity contribution in [3.63, 3.8) is 0 Å². The van der Waals surface area contributed by atoms with Gasteiger partial charge in [-0.05, 0) is 24.6 Å². The molecule has 7 heteroatoms. The van der Waals surface area contributed by atoms with Crippen LogP contribution in [0.4, 0.5) is 5.69 Å². The third-order valence-electron chi connectivity index (χ3n) is 4.43. The van der Waals surface area contributed by atoms with Gasteiger partial charge in [-0.1, -0.05) is 6.07 Å². The molecule has 3 rings (SSSR count). The number of hydrogen-bond donors (Lipinski definition) is 0. The molecule has 1 fully saturated rings. The number of nitrogens with zero attached hydrogens (tertiary/aromatic N) is 3. The first-order valence-electron chi connectivity index (χ1n) is 8.03. The number of rotatable bonds is 2. The molecule has 128 valence electrons. The van der Waals surface area contributed by atoms with Gasteiger partial charge in [-0.2, -0.15) is 0 Å². The predicted octanol–water partition coefficient (Wildman–Crippen LogP) is 0.411. The number of carbonyl (C=O) groups excluding carboxylic acids is 3. The molecule has 0 spiro atoms. The zero-order valence-corrected chi connectivity index (χ0v) is 13.9. The predicted molar refractivity (Wildman–Crippen MR) is 87.9 cm³/mol. The maximum Gasteiger partial charge on any atom is 0.265 e. The first-order chi connectivity index (χ1) is 11.5. The maximum absolute atomic E-state index is 12.6. The second-order valence-electron chi connectivity index (χ2n) is 6.13. The molecule has 2 aliphatic heterocycles. The van der Waals surface area contributed by atoms with Crippen LogP contribution in [0.5, 0.6) is 5.75 Å². The molecule has 0 bridgehead atoms. The molecule has 0 atom stereocenters. The molecule has 7 nitrogen and oxygen atoms in total. The topological polar surface area (TPSA) is 70.2 Å². The third kappa shape index (κ3) is 3.20. The Hall–Kier alpha value is -2.57. The minimum absolute atomic E-state index is 0.00127. The Morgan fingerprint density at radius 1 is 1.12 bits per heavy atom. The molecule has 2 aliphatic rings. The van der Waals surface area contributed by atoms with Crippen molar-refractivity contribution in [1.82, 2.24) is 9.80 Å². The Bertz CT molecular complexity index is 680. The Kier molecular flexibility index (Phi) is 4.42. The third-order valence-corrected chi connectivity index (χ3v) is 4.43. The number of ether oxygens (including phenoxy) is 1. The Labute approximate surface area is 140 Å².